The zero-order valence-corrected chi connectivity index (χ0v) is 12.7. The van der Waals surface area contributed by atoms with Gasteiger partial charge in [-0.1, -0.05) is 30.3 Å². The van der Waals surface area contributed by atoms with Gasteiger partial charge in [0.25, 0.3) is 0 Å². The van der Waals surface area contributed by atoms with Crippen molar-refractivity contribution in [1.29, 1.82) is 5.26 Å². The minimum absolute atomic E-state index is 0.450. The summed E-state index contributed by atoms with van der Waals surface area (Å²) in [4.78, 5) is 0. The number of nitrogens with zero attached hydrogens (tertiary/aromatic N) is 1. The smallest absolute Gasteiger partial charge is 0.175 e. The van der Waals surface area contributed by atoms with Crippen LogP contribution < -0.4 is 9.47 Å². The molecule has 0 N–H and O–H groups in total. The minimum Gasteiger partial charge on any atom is -0.490 e. The Hall–Kier alpha value is -1.99. The molecule has 0 bridgehead atoms. The third-order valence-corrected chi connectivity index (χ3v) is 3.25. The zero-order valence-electron chi connectivity index (χ0n) is 11.1. The molecule has 0 aliphatic carbocycles. The second kappa shape index (κ2) is 6.97. The van der Waals surface area contributed by atoms with Crippen LogP contribution in [0.2, 0.25) is 0 Å². The van der Waals surface area contributed by atoms with Crippen molar-refractivity contribution in [2.75, 3.05) is 6.61 Å². The molecule has 0 aromatic heterocycles. The van der Waals surface area contributed by atoms with Crippen LogP contribution in [0.3, 0.4) is 0 Å². The Balaban J connectivity index is 2.24. The monoisotopic (exact) mass is 331 g/mol. The molecule has 0 atom stereocenters. The van der Waals surface area contributed by atoms with Gasteiger partial charge in [-0.2, -0.15) is 5.26 Å². The average Bonchev–Trinajstić information content (AvgIpc) is 2.47. The number of ether oxygens (including phenoxy) is 2. The molecule has 0 aliphatic rings. The topological polar surface area (TPSA) is 42.2 Å². The molecule has 0 amide bonds. The molecule has 4 heteroatoms. The van der Waals surface area contributed by atoms with Gasteiger partial charge >= 0.3 is 0 Å². The Morgan fingerprint density at radius 2 is 1.90 bits per heavy atom. The molecule has 0 unspecified atom stereocenters. The highest BCUT2D eigenvalue weighted by molar-refractivity contribution is 9.10. The van der Waals surface area contributed by atoms with Crippen LogP contribution in [-0.2, 0) is 6.61 Å². The molecule has 0 spiro atoms. The second-order valence-corrected chi connectivity index (χ2v) is 4.96. The van der Waals surface area contributed by atoms with E-state index in [1.807, 2.05) is 37.3 Å². The second-order valence-electron chi connectivity index (χ2n) is 4.10. The van der Waals surface area contributed by atoms with Gasteiger partial charge in [-0.15, -0.1) is 0 Å². The maximum atomic E-state index is 8.99. The van der Waals surface area contributed by atoms with Gasteiger partial charge in [0.15, 0.2) is 11.5 Å². The molecule has 2 rings (SSSR count). The summed E-state index contributed by atoms with van der Waals surface area (Å²) >= 11 is 3.43. The normalized spacial score (nSPS) is 9.85. The molecule has 20 heavy (non-hydrogen) atoms. The first-order valence-corrected chi connectivity index (χ1v) is 7.07. The van der Waals surface area contributed by atoms with Crippen molar-refractivity contribution in [1.82, 2.24) is 0 Å². The lowest BCUT2D eigenvalue weighted by atomic mass is 10.2. The van der Waals surface area contributed by atoms with Crippen molar-refractivity contribution in [3.63, 3.8) is 0 Å². The van der Waals surface area contributed by atoms with Crippen molar-refractivity contribution >= 4 is 15.9 Å². The molecular formula is C16H14BrNO2. The van der Waals surface area contributed by atoms with Crippen LogP contribution in [0.1, 0.15) is 18.1 Å². The average molecular weight is 332 g/mol. The van der Waals surface area contributed by atoms with Crippen molar-refractivity contribution in [3.8, 4) is 17.6 Å². The maximum Gasteiger partial charge on any atom is 0.175 e. The van der Waals surface area contributed by atoms with E-state index in [2.05, 4.69) is 22.0 Å². The van der Waals surface area contributed by atoms with Gasteiger partial charge in [-0.05, 0) is 34.5 Å². The molecular weight excluding hydrogens is 318 g/mol. The Morgan fingerprint density at radius 3 is 2.55 bits per heavy atom. The number of nitriles is 1. The first kappa shape index (κ1) is 14.4. The predicted molar refractivity (Wildman–Crippen MR) is 80.8 cm³/mol. The minimum atomic E-state index is 0.450. The highest BCUT2D eigenvalue weighted by Gasteiger charge is 2.12. The van der Waals surface area contributed by atoms with Crippen LogP contribution in [0.5, 0.6) is 11.5 Å². The van der Waals surface area contributed by atoms with E-state index in [0.29, 0.717) is 30.3 Å². The Bertz CT molecular complexity index is 620. The standard InChI is InChI=1S/C16H14BrNO2/c1-2-19-15-9-13(10-18)8-14(17)16(15)20-11-12-6-4-3-5-7-12/h3-9H,2,11H2,1H3. The van der Waals surface area contributed by atoms with E-state index in [4.69, 9.17) is 14.7 Å². The fourth-order valence-electron chi connectivity index (χ4n) is 1.77. The summed E-state index contributed by atoms with van der Waals surface area (Å²) in [5, 5.41) is 8.99. The van der Waals surface area contributed by atoms with Crippen LogP contribution in [0.25, 0.3) is 0 Å². The van der Waals surface area contributed by atoms with Crippen molar-refractivity contribution < 1.29 is 9.47 Å². The molecule has 2 aromatic rings. The van der Waals surface area contributed by atoms with Crippen LogP contribution in [0.4, 0.5) is 0 Å². The summed E-state index contributed by atoms with van der Waals surface area (Å²) in [5.41, 5.74) is 1.61. The Morgan fingerprint density at radius 1 is 1.15 bits per heavy atom. The molecule has 102 valence electrons. The van der Waals surface area contributed by atoms with Crippen LogP contribution in [0.15, 0.2) is 46.9 Å². The molecule has 0 saturated carbocycles. The van der Waals surface area contributed by atoms with E-state index in [1.54, 1.807) is 12.1 Å². The van der Waals surface area contributed by atoms with Crippen molar-refractivity contribution in [2.24, 2.45) is 0 Å². The van der Waals surface area contributed by atoms with Gasteiger partial charge in [0, 0.05) is 6.07 Å². The molecule has 0 aliphatic heterocycles. The van der Waals surface area contributed by atoms with Gasteiger partial charge < -0.3 is 9.47 Å². The van der Waals surface area contributed by atoms with E-state index in [1.165, 1.54) is 0 Å². The van der Waals surface area contributed by atoms with E-state index >= 15 is 0 Å². The molecule has 0 fully saturated rings. The van der Waals surface area contributed by atoms with Gasteiger partial charge in [0.1, 0.15) is 6.61 Å². The Labute approximate surface area is 126 Å². The maximum absolute atomic E-state index is 8.99. The van der Waals surface area contributed by atoms with Crippen LogP contribution in [-0.4, -0.2) is 6.61 Å². The van der Waals surface area contributed by atoms with Gasteiger partial charge in [0.05, 0.1) is 22.7 Å². The van der Waals surface area contributed by atoms with E-state index < -0.39 is 0 Å². The number of hydrogen-bond acceptors (Lipinski definition) is 3. The third kappa shape index (κ3) is 3.52. The summed E-state index contributed by atoms with van der Waals surface area (Å²) in [5.74, 6) is 1.20. The Kier molecular flexibility index (Phi) is 5.03. The molecule has 0 saturated heterocycles. The molecule has 0 radical (unpaired) electrons. The zero-order chi connectivity index (χ0) is 14.4. The fourth-order valence-corrected chi connectivity index (χ4v) is 2.32. The highest BCUT2D eigenvalue weighted by Crippen LogP contribution is 2.37. The lowest BCUT2D eigenvalue weighted by molar-refractivity contribution is 0.267. The molecule has 0 heterocycles. The number of hydrogen-bond donors (Lipinski definition) is 0. The van der Waals surface area contributed by atoms with Crippen molar-refractivity contribution in [3.05, 3.63) is 58.1 Å². The summed E-state index contributed by atoms with van der Waals surface area (Å²) < 4.78 is 12.1. The van der Waals surface area contributed by atoms with Crippen molar-refractivity contribution in [2.45, 2.75) is 13.5 Å². The van der Waals surface area contributed by atoms with E-state index in [-0.39, 0.29) is 0 Å². The highest BCUT2D eigenvalue weighted by atomic mass is 79.9. The fraction of sp³-hybridized carbons (Fsp3) is 0.188. The van der Waals surface area contributed by atoms with E-state index in [0.717, 1.165) is 10.0 Å². The molecule has 2 aromatic carbocycles. The largest absolute Gasteiger partial charge is 0.490 e. The SMILES string of the molecule is CCOc1cc(C#N)cc(Br)c1OCc1ccccc1. The number of halogens is 1. The quantitative estimate of drug-likeness (QED) is 0.820. The van der Waals surface area contributed by atoms with Gasteiger partial charge in [-0.3, -0.25) is 0 Å². The first-order chi connectivity index (χ1) is 9.74. The third-order valence-electron chi connectivity index (χ3n) is 2.66. The summed E-state index contributed by atoms with van der Waals surface area (Å²) in [6.07, 6.45) is 0. The first-order valence-electron chi connectivity index (χ1n) is 6.27. The van der Waals surface area contributed by atoms with E-state index in [9.17, 15) is 0 Å². The predicted octanol–water partition coefficient (Wildman–Crippen LogP) is 4.30. The molecule has 3 nitrogen and oxygen atoms in total. The summed E-state index contributed by atoms with van der Waals surface area (Å²) in [7, 11) is 0. The van der Waals surface area contributed by atoms with Gasteiger partial charge in [-0.25, -0.2) is 0 Å². The lowest BCUT2D eigenvalue weighted by Gasteiger charge is -2.14. The summed E-state index contributed by atoms with van der Waals surface area (Å²) in [6, 6.07) is 15.4. The van der Waals surface area contributed by atoms with Crippen LogP contribution in [0, 0.1) is 11.3 Å². The van der Waals surface area contributed by atoms with Crippen LogP contribution >= 0.6 is 15.9 Å². The number of rotatable bonds is 5. The number of benzene rings is 2. The summed E-state index contributed by atoms with van der Waals surface area (Å²) in [6.45, 7) is 2.86. The van der Waals surface area contributed by atoms with Gasteiger partial charge in [0.2, 0.25) is 0 Å². The lowest BCUT2D eigenvalue weighted by Crippen LogP contribution is -2.01.